The number of rotatable bonds is 5. The number of hydrogen-bond acceptors (Lipinski definition) is 5. The molecular formula is C12H19NO4S. The summed E-state index contributed by atoms with van der Waals surface area (Å²) in [5, 5.41) is 2.91. The van der Waals surface area contributed by atoms with E-state index < -0.39 is 0 Å². The highest BCUT2D eigenvalue weighted by Gasteiger charge is 2.56. The second-order valence-electron chi connectivity index (χ2n) is 5.05. The summed E-state index contributed by atoms with van der Waals surface area (Å²) in [6.07, 6.45) is 3.56. The van der Waals surface area contributed by atoms with Crippen molar-refractivity contribution in [2.24, 2.45) is 5.92 Å². The Morgan fingerprint density at radius 3 is 2.83 bits per heavy atom. The molecule has 2 aliphatic heterocycles. The zero-order valence-electron chi connectivity index (χ0n) is 10.9. The zero-order valence-corrected chi connectivity index (χ0v) is 11.7. The highest BCUT2D eigenvalue weighted by Crippen LogP contribution is 2.42. The predicted octanol–water partition coefficient (Wildman–Crippen LogP) is 0.922. The van der Waals surface area contributed by atoms with E-state index in [9.17, 15) is 9.59 Å². The standard InChI is InChI=1S/C12H19NO4S/c1-7(14)16-5-4-12(2)10(11(15)13-12)8-6-9(17-8)18-3/h8-10H,4-6H2,1-3H3,(H,13,15)/t8?,9?,10-,12+/m0/s1. The highest BCUT2D eigenvalue weighted by molar-refractivity contribution is 7.99. The molecule has 0 aromatic rings. The summed E-state index contributed by atoms with van der Waals surface area (Å²) in [4.78, 5) is 22.4. The van der Waals surface area contributed by atoms with Crippen LogP contribution in [0.5, 0.6) is 0 Å². The molecule has 2 unspecified atom stereocenters. The van der Waals surface area contributed by atoms with Gasteiger partial charge >= 0.3 is 5.97 Å². The SMILES string of the molecule is CSC1CC([C@H]2C(=O)N[C@]2(C)CCOC(C)=O)O1. The average molecular weight is 273 g/mol. The predicted molar refractivity (Wildman–Crippen MR) is 68.1 cm³/mol. The molecule has 1 N–H and O–H groups in total. The maximum Gasteiger partial charge on any atom is 0.302 e. The second kappa shape index (κ2) is 5.09. The van der Waals surface area contributed by atoms with Crippen LogP contribution in [0.25, 0.3) is 0 Å². The summed E-state index contributed by atoms with van der Waals surface area (Å²) in [5.41, 5.74) is -0.0817. The Labute approximate surface area is 111 Å². The Morgan fingerprint density at radius 2 is 2.33 bits per heavy atom. The van der Waals surface area contributed by atoms with Crippen molar-refractivity contribution >= 4 is 23.6 Å². The van der Waals surface area contributed by atoms with Crippen LogP contribution in [0.2, 0.25) is 0 Å². The van der Waals surface area contributed by atoms with Gasteiger partial charge in [0.05, 0.1) is 24.2 Å². The van der Waals surface area contributed by atoms with Gasteiger partial charge in [0.1, 0.15) is 5.44 Å². The average Bonchev–Trinajstić information content (AvgIpc) is 2.21. The normalized spacial score (nSPS) is 38.4. The molecule has 2 heterocycles. The van der Waals surface area contributed by atoms with Gasteiger partial charge in [-0.1, -0.05) is 0 Å². The zero-order chi connectivity index (χ0) is 13.3. The molecule has 2 aliphatic rings. The van der Waals surface area contributed by atoms with E-state index in [1.165, 1.54) is 6.92 Å². The number of esters is 1. The van der Waals surface area contributed by atoms with Gasteiger partial charge in [-0.05, 0) is 13.2 Å². The molecule has 1 amide bonds. The third kappa shape index (κ3) is 2.49. The number of β-lactam (4-membered cyclic amide) rings is 1. The van der Waals surface area contributed by atoms with Crippen LogP contribution >= 0.6 is 11.8 Å². The third-order valence-corrected chi connectivity index (χ3v) is 4.52. The van der Waals surface area contributed by atoms with Crippen LogP contribution in [0.3, 0.4) is 0 Å². The molecule has 0 bridgehead atoms. The van der Waals surface area contributed by atoms with Gasteiger partial charge in [0.25, 0.3) is 0 Å². The van der Waals surface area contributed by atoms with Gasteiger partial charge in [-0.2, -0.15) is 0 Å². The second-order valence-corrected chi connectivity index (χ2v) is 6.05. The molecule has 0 saturated carbocycles. The maximum atomic E-state index is 11.7. The van der Waals surface area contributed by atoms with Crippen molar-refractivity contribution in [2.75, 3.05) is 12.9 Å². The number of hydrogen-bond donors (Lipinski definition) is 1. The van der Waals surface area contributed by atoms with Crippen LogP contribution in [0.4, 0.5) is 0 Å². The van der Waals surface area contributed by atoms with E-state index in [1.807, 2.05) is 13.2 Å². The van der Waals surface area contributed by atoms with Crippen LogP contribution in [0, 0.1) is 5.92 Å². The quantitative estimate of drug-likeness (QED) is 0.596. The molecule has 0 spiro atoms. The summed E-state index contributed by atoms with van der Waals surface area (Å²) >= 11 is 1.67. The van der Waals surface area contributed by atoms with Gasteiger partial charge in [0.2, 0.25) is 5.91 Å². The lowest BCUT2D eigenvalue weighted by Gasteiger charge is -2.53. The van der Waals surface area contributed by atoms with E-state index in [4.69, 9.17) is 9.47 Å². The lowest BCUT2D eigenvalue weighted by atomic mass is 9.70. The summed E-state index contributed by atoms with van der Waals surface area (Å²) in [6, 6.07) is 0. The van der Waals surface area contributed by atoms with E-state index in [-0.39, 0.29) is 34.9 Å². The van der Waals surface area contributed by atoms with Crippen molar-refractivity contribution in [2.45, 2.75) is 43.8 Å². The Kier molecular flexibility index (Phi) is 3.87. The Morgan fingerprint density at radius 1 is 1.67 bits per heavy atom. The lowest BCUT2D eigenvalue weighted by molar-refractivity contribution is -0.175. The van der Waals surface area contributed by atoms with Crippen molar-refractivity contribution in [3.8, 4) is 0 Å². The van der Waals surface area contributed by atoms with Crippen LogP contribution in [0.15, 0.2) is 0 Å². The number of thioether (sulfide) groups is 1. The molecule has 0 radical (unpaired) electrons. The van der Waals surface area contributed by atoms with Gasteiger partial charge in [-0.15, -0.1) is 11.8 Å². The molecule has 0 aromatic carbocycles. The van der Waals surface area contributed by atoms with Gasteiger partial charge < -0.3 is 14.8 Å². The molecule has 5 nitrogen and oxygen atoms in total. The first kappa shape index (κ1) is 13.7. The smallest absolute Gasteiger partial charge is 0.302 e. The van der Waals surface area contributed by atoms with Crippen molar-refractivity contribution in [3.63, 3.8) is 0 Å². The minimum Gasteiger partial charge on any atom is -0.466 e. The molecule has 4 atom stereocenters. The molecule has 18 heavy (non-hydrogen) atoms. The molecule has 102 valence electrons. The number of ether oxygens (including phenoxy) is 2. The van der Waals surface area contributed by atoms with Crippen molar-refractivity contribution in [1.82, 2.24) is 5.32 Å². The molecule has 2 rings (SSSR count). The third-order valence-electron chi connectivity index (χ3n) is 3.69. The Bertz CT molecular complexity index is 356. The van der Waals surface area contributed by atoms with Crippen molar-refractivity contribution in [3.05, 3.63) is 0 Å². The highest BCUT2D eigenvalue weighted by atomic mass is 32.2. The molecule has 2 saturated heterocycles. The first-order valence-electron chi connectivity index (χ1n) is 6.10. The van der Waals surface area contributed by atoms with Gasteiger partial charge in [0.15, 0.2) is 0 Å². The van der Waals surface area contributed by atoms with Gasteiger partial charge in [-0.3, -0.25) is 9.59 Å². The largest absolute Gasteiger partial charge is 0.466 e. The van der Waals surface area contributed by atoms with Crippen molar-refractivity contribution < 1.29 is 19.1 Å². The fourth-order valence-corrected chi connectivity index (χ4v) is 3.23. The molecular weight excluding hydrogens is 254 g/mol. The van der Waals surface area contributed by atoms with Crippen LogP contribution in [-0.4, -0.2) is 41.8 Å². The molecule has 2 fully saturated rings. The molecule has 0 aromatic heterocycles. The van der Waals surface area contributed by atoms with E-state index in [2.05, 4.69) is 5.32 Å². The summed E-state index contributed by atoms with van der Waals surface area (Å²) < 4.78 is 10.6. The summed E-state index contributed by atoms with van der Waals surface area (Å²) in [6.45, 7) is 3.71. The number of carbonyl (C=O) groups excluding carboxylic acids is 2. The lowest BCUT2D eigenvalue weighted by Crippen LogP contribution is -2.73. The van der Waals surface area contributed by atoms with Gasteiger partial charge in [0, 0.05) is 19.8 Å². The summed E-state index contributed by atoms with van der Waals surface area (Å²) in [7, 11) is 0. The number of nitrogens with one attached hydrogen (secondary N) is 1. The number of amides is 1. The number of carbonyl (C=O) groups is 2. The van der Waals surface area contributed by atoms with Crippen LogP contribution < -0.4 is 5.32 Å². The fourth-order valence-electron chi connectivity index (χ4n) is 2.59. The maximum absolute atomic E-state index is 11.7. The molecule has 6 heteroatoms. The first-order chi connectivity index (χ1) is 8.46. The molecule has 0 aliphatic carbocycles. The monoisotopic (exact) mass is 273 g/mol. The van der Waals surface area contributed by atoms with E-state index in [0.717, 1.165) is 6.42 Å². The van der Waals surface area contributed by atoms with E-state index in [1.54, 1.807) is 11.8 Å². The van der Waals surface area contributed by atoms with Crippen molar-refractivity contribution in [1.29, 1.82) is 0 Å². The van der Waals surface area contributed by atoms with E-state index in [0.29, 0.717) is 13.0 Å². The minimum atomic E-state index is -0.305. The minimum absolute atomic E-state index is 0.0125. The first-order valence-corrected chi connectivity index (χ1v) is 7.39. The summed E-state index contributed by atoms with van der Waals surface area (Å²) in [5.74, 6) is -0.357. The fraction of sp³-hybridized carbons (Fsp3) is 0.833. The van der Waals surface area contributed by atoms with Crippen LogP contribution in [0.1, 0.15) is 26.7 Å². The van der Waals surface area contributed by atoms with Gasteiger partial charge in [-0.25, -0.2) is 0 Å². The topological polar surface area (TPSA) is 64.6 Å². The Balaban J connectivity index is 1.85. The van der Waals surface area contributed by atoms with Crippen LogP contribution in [-0.2, 0) is 19.1 Å². The van der Waals surface area contributed by atoms with E-state index >= 15 is 0 Å². The Hall–Kier alpha value is -0.750.